The summed E-state index contributed by atoms with van der Waals surface area (Å²) in [6, 6.07) is 10.9. The van der Waals surface area contributed by atoms with Gasteiger partial charge in [0.1, 0.15) is 17.8 Å². The molecular weight excluding hydrogens is 374 g/mol. The van der Waals surface area contributed by atoms with Gasteiger partial charge in [0.2, 0.25) is 11.8 Å². The minimum atomic E-state index is -0.503. The molecule has 4 heterocycles. The normalized spacial score (nSPS) is 24.6. The number of benzene rings is 1. The maximum atomic E-state index is 13.1. The van der Waals surface area contributed by atoms with E-state index in [9.17, 15) is 9.59 Å². The summed E-state index contributed by atoms with van der Waals surface area (Å²) in [7, 11) is 0. The maximum absolute atomic E-state index is 13.1. The SMILES string of the molecule is O=C1NC(Cc2c[nH]c3ccccc23)C(=O)N2CCC(SCc3ccco3)C12. The molecule has 3 aromatic rings. The molecule has 6 nitrogen and oxygen atoms in total. The molecule has 0 spiro atoms. The number of hydrogen-bond donors (Lipinski definition) is 2. The highest BCUT2D eigenvalue weighted by molar-refractivity contribution is 7.99. The quantitative estimate of drug-likeness (QED) is 0.696. The van der Waals surface area contributed by atoms with Gasteiger partial charge in [-0.25, -0.2) is 0 Å². The monoisotopic (exact) mass is 395 g/mol. The molecule has 7 heteroatoms. The lowest BCUT2D eigenvalue weighted by molar-refractivity contribution is -0.146. The van der Waals surface area contributed by atoms with Crippen LogP contribution in [0.2, 0.25) is 0 Å². The number of para-hydroxylation sites is 1. The molecule has 2 amide bonds. The fraction of sp³-hybridized carbons (Fsp3) is 0.333. The number of furan rings is 1. The third-order valence-electron chi connectivity index (χ3n) is 5.63. The van der Waals surface area contributed by atoms with Gasteiger partial charge < -0.3 is 19.6 Å². The van der Waals surface area contributed by atoms with E-state index < -0.39 is 6.04 Å². The molecule has 28 heavy (non-hydrogen) atoms. The van der Waals surface area contributed by atoms with E-state index in [1.54, 1.807) is 22.9 Å². The number of carbonyl (C=O) groups excluding carboxylic acids is 2. The molecule has 5 rings (SSSR count). The van der Waals surface area contributed by atoms with Crippen LogP contribution in [0, 0.1) is 0 Å². The Labute approximate surface area is 166 Å². The van der Waals surface area contributed by atoms with Crippen LogP contribution in [0.4, 0.5) is 0 Å². The van der Waals surface area contributed by atoms with Crippen molar-refractivity contribution < 1.29 is 14.0 Å². The Balaban J connectivity index is 1.30. The molecule has 2 aromatic heterocycles. The van der Waals surface area contributed by atoms with Crippen LogP contribution in [0.15, 0.2) is 53.3 Å². The molecule has 2 fully saturated rings. The summed E-state index contributed by atoms with van der Waals surface area (Å²) in [6.45, 7) is 0.636. The zero-order valence-electron chi connectivity index (χ0n) is 15.3. The second-order valence-electron chi connectivity index (χ2n) is 7.32. The molecule has 0 bridgehead atoms. The zero-order chi connectivity index (χ0) is 19.1. The highest BCUT2D eigenvalue weighted by Crippen LogP contribution is 2.34. The van der Waals surface area contributed by atoms with E-state index in [0.29, 0.717) is 18.7 Å². The van der Waals surface area contributed by atoms with Gasteiger partial charge in [-0.05, 0) is 30.2 Å². The third kappa shape index (κ3) is 2.99. The van der Waals surface area contributed by atoms with Crippen molar-refractivity contribution in [1.82, 2.24) is 15.2 Å². The van der Waals surface area contributed by atoms with Crippen LogP contribution < -0.4 is 5.32 Å². The van der Waals surface area contributed by atoms with Crippen molar-refractivity contribution in [3.8, 4) is 0 Å². The third-order valence-corrected chi connectivity index (χ3v) is 7.00. The van der Waals surface area contributed by atoms with Crippen molar-refractivity contribution in [3.05, 3.63) is 60.2 Å². The first-order chi connectivity index (χ1) is 13.7. The number of H-pyrrole nitrogens is 1. The van der Waals surface area contributed by atoms with Crippen LogP contribution >= 0.6 is 11.8 Å². The predicted octanol–water partition coefficient (Wildman–Crippen LogP) is 2.70. The summed E-state index contributed by atoms with van der Waals surface area (Å²) in [5.74, 6) is 1.58. The van der Waals surface area contributed by atoms with Gasteiger partial charge in [0.05, 0.1) is 12.0 Å². The average molecular weight is 395 g/mol. The molecule has 0 saturated carbocycles. The van der Waals surface area contributed by atoms with Crippen molar-refractivity contribution in [3.63, 3.8) is 0 Å². The lowest BCUT2D eigenvalue weighted by Crippen LogP contribution is -2.63. The van der Waals surface area contributed by atoms with Gasteiger partial charge in [-0.1, -0.05) is 18.2 Å². The smallest absolute Gasteiger partial charge is 0.246 e. The number of piperazine rings is 1. The summed E-state index contributed by atoms with van der Waals surface area (Å²) in [6.07, 6.45) is 4.92. The fourth-order valence-corrected chi connectivity index (χ4v) is 5.53. The Bertz CT molecular complexity index is 1010. The molecule has 144 valence electrons. The maximum Gasteiger partial charge on any atom is 0.246 e. The molecule has 3 atom stereocenters. The Morgan fingerprint density at radius 3 is 2.93 bits per heavy atom. The number of aromatic nitrogens is 1. The molecule has 2 saturated heterocycles. The van der Waals surface area contributed by atoms with Crippen LogP contribution in [0.5, 0.6) is 0 Å². The van der Waals surface area contributed by atoms with Crippen molar-refractivity contribution in [1.29, 1.82) is 0 Å². The molecule has 2 N–H and O–H groups in total. The van der Waals surface area contributed by atoms with Crippen LogP contribution in [0.3, 0.4) is 0 Å². The summed E-state index contributed by atoms with van der Waals surface area (Å²) in [5.41, 5.74) is 2.09. The summed E-state index contributed by atoms with van der Waals surface area (Å²) in [4.78, 5) is 30.9. The van der Waals surface area contributed by atoms with Crippen molar-refractivity contribution in [2.24, 2.45) is 0 Å². The van der Waals surface area contributed by atoms with Crippen molar-refractivity contribution in [2.45, 2.75) is 35.9 Å². The number of fused-ring (bicyclic) bond motifs is 2. The Hall–Kier alpha value is -2.67. The van der Waals surface area contributed by atoms with Crippen molar-refractivity contribution >= 4 is 34.5 Å². The predicted molar refractivity (Wildman–Crippen MR) is 108 cm³/mol. The summed E-state index contributed by atoms with van der Waals surface area (Å²) in [5, 5.41) is 4.18. The van der Waals surface area contributed by atoms with Gasteiger partial charge in [-0.2, -0.15) is 0 Å². The van der Waals surface area contributed by atoms with Crippen LogP contribution in [0.25, 0.3) is 10.9 Å². The first-order valence-electron chi connectivity index (χ1n) is 9.50. The minimum Gasteiger partial charge on any atom is -0.468 e. The molecule has 1 aromatic carbocycles. The highest BCUT2D eigenvalue weighted by atomic mass is 32.2. The molecular formula is C21H21N3O3S. The largest absolute Gasteiger partial charge is 0.468 e. The zero-order valence-corrected chi connectivity index (χ0v) is 16.1. The summed E-state index contributed by atoms with van der Waals surface area (Å²) < 4.78 is 5.38. The van der Waals surface area contributed by atoms with E-state index in [0.717, 1.165) is 28.6 Å². The van der Waals surface area contributed by atoms with Crippen LogP contribution in [-0.2, 0) is 21.8 Å². The Morgan fingerprint density at radius 2 is 2.07 bits per heavy atom. The van der Waals surface area contributed by atoms with Gasteiger partial charge >= 0.3 is 0 Å². The number of nitrogens with one attached hydrogen (secondary N) is 2. The first-order valence-corrected chi connectivity index (χ1v) is 10.6. The number of carbonyl (C=O) groups is 2. The van der Waals surface area contributed by atoms with E-state index in [1.165, 1.54) is 0 Å². The van der Waals surface area contributed by atoms with E-state index in [2.05, 4.69) is 10.3 Å². The second-order valence-corrected chi connectivity index (χ2v) is 8.55. The fourth-order valence-electron chi connectivity index (χ4n) is 4.26. The average Bonchev–Trinajstić information content (AvgIpc) is 3.44. The first kappa shape index (κ1) is 17.4. The lowest BCUT2D eigenvalue weighted by atomic mass is 10.0. The number of amides is 2. The second kappa shape index (κ2) is 7.05. The molecule has 3 unspecified atom stereocenters. The van der Waals surface area contributed by atoms with Gasteiger partial charge in [-0.15, -0.1) is 11.8 Å². The van der Waals surface area contributed by atoms with E-state index >= 15 is 0 Å². The van der Waals surface area contributed by atoms with E-state index in [1.807, 2.05) is 42.6 Å². The standard InChI is InChI=1S/C21H21N3O3S/c25-20-19-18(28-12-14-4-3-9-27-14)7-8-24(19)21(26)17(23-20)10-13-11-22-16-6-2-1-5-15(13)16/h1-6,9,11,17-19,22H,7-8,10,12H2,(H,23,25). The van der Waals surface area contributed by atoms with E-state index in [-0.39, 0.29) is 23.1 Å². The Kier molecular flexibility index (Phi) is 4.39. The highest BCUT2D eigenvalue weighted by Gasteiger charge is 2.48. The van der Waals surface area contributed by atoms with Crippen molar-refractivity contribution in [2.75, 3.05) is 6.54 Å². The number of thioether (sulfide) groups is 1. The van der Waals surface area contributed by atoms with Gasteiger partial charge in [-0.3, -0.25) is 9.59 Å². The minimum absolute atomic E-state index is 0.0241. The van der Waals surface area contributed by atoms with Crippen LogP contribution in [-0.4, -0.2) is 45.6 Å². The number of hydrogen-bond acceptors (Lipinski definition) is 4. The number of nitrogens with zero attached hydrogens (tertiary/aromatic N) is 1. The van der Waals surface area contributed by atoms with Gasteiger partial charge in [0, 0.05) is 35.3 Å². The van der Waals surface area contributed by atoms with Crippen LogP contribution in [0.1, 0.15) is 17.7 Å². The van der Waals surface area contributed by atoms with Gasteiger partial charge in [0.25, 0.3) is 0 Å². The Morgan fingerprint density at radius 1 is 1.18 bits per heavy atom. The summed E-state index contributed by atoms with van der Waals surface area (Å²) >= 11 is 1.69. The van der Waals surface area contributed by atoms with Gasteiger partial charge in [0.15, 0.2) is 0 Å². The number of rotatable bonds is 5. The molecule has 0 radical (unpaired) electrons. The number of aromatic amines is 1. The molecule has 0 aliphatic carbocycles. The molecule has 2 aliphatic heterocycles. The van der Waals surface area contributed by atoms with E-state index in [4.69, 9.17) is 4.42 Å². The topological polar surface area (TPSA) is 78.3 Å². The molecule has 2 aliphatic rings. The lowest BCUT2D eigenvalue weighted by Gasteiger charge is -2.36.